The van der Waals surface area contributed by atoms with E-state index in [0.29, 0.717) is 25.8 Å². The van der Waals surface area contributed by atoms with Crippen LogP contribution in [0.5, 0.6) is 0 Å². The molecule has 0 aromatic rings. The minimum Gasteiger partial charge on any atom is -0.339 e. The van der Waals surface area contributed by atoms with Crippen LogP contribution < -0.4 is 0 Å². The zero-order chi connectivity index (χ0) is 7.84. The summed E-state index contributed by atoms with van der Waals surface area (Å²) in [4.78, 5) is 13.0. The molecule has 0 spiro atoms. The number of nitrogens with zero attached hydrogens (tertiary/aromatic N) is 1. The van der Waals surface area contributed by atoms with E-state index in [0.717, 1.165) is 6.42 Å². The second kappa shape index (κ2) is 2.47. The molecule has 62 valence electrons. The molecule has 2 heterocycles. The van der Waals surface area contributed by atoms with Crippen molar-refractivity contribution in [2.75, 3.05) is 6.54 Å². The Morgan fingerprint density at radius 2 is 2.27 bits per heavy atom. The Morgan fingerprint density at radius 1 is 1.45 bits per heavy atom. The van der Waals surface area contributed by atoms with Crippen molar-refractivity contribution < 1.29 is 9.18 Å². The van der Waals surface area contributed by atoms with Gasteiger partial charge in [-0.3, -0.25) is 4.79 Å². The van der Waals surface area contributed by atoms with E-state index >= 15 is 0 Å². The van der Waals surface area contributed by atoms with Gasteiger partial charge in [-0.1, -0.05) is 0 Å². The van der Waals surface area contributed by atoms with E-state index in [4.69, 9.17) is 0 Å². The van der Waals surface area contributed by atoms with Crippen molar-refractivity contribution >= 4 is 5.91 Å². The van der Waals surface area contributed by atoms with Gasteiger partial charge in [0, 0.05) is 19.0 Å². The Bertz CT molecular complexity index is 183. The Balaban J connectivity index is 2.06. The fraction of sp³-hybridized carbons (Fsp3) is 0.875. The number of carbonyl (C=O) groups excluding carboxylic acids is 1. The average molecular weight is 157 g/mol. The maximum atomic E-state index is 12.8. The fourth-order valence-corrected chi connectivity index (χ4v) is 2.04. The molecular formula is C8H12FNO. The first-order chi connectivity index (χ1) is 5.27. The van der Waals surface area contributed by atoms with Crippen LogP contribution in [0, 0.1) is 0 Å². The molecule has 2 atom stereocenters. The van der Waals surface area contributed by atoms with Crippen LogP contribution in [0.15, 0.2) is 0 Å². The maximum Gasteiger partial charge on any atom is 0.222 e. The molecule has 0 aromatic heterocycles. The van der Waals surface area contributed by atoms with Gasteiger partial charge in [0.25, 0.3) is 0 Å². The lowest BCUT2D eigenvalue weighted by Gasteiger charge is -2.31. The van der Waals surface area contributed by atoms with Gasteiger partial charge in [0.2, 0.25) is 5.91 Å². The van der Waals surface area contributed by atoms with E-state index < -0.39 is 6.17 Å². The van der Waals surface area contributed by atoms with Crippen molar-refractivity contribution in [3.05, 3.63) is 0 Å². The third-order valence-electron chi connectivity index (χ3n) is 2.66. The molecule has 2 rings (SSSR count). The number of amides is 1. The molecule has 2 nitrogen and oxygen atoms in total. The third kappa shape index (κ3) is 1.12. The second-order valence-corrected chi connectivity index (χ2v) is 3.40. The highest BCUT2D eigenvalue weighted by Gasteiger charge is 2.35. The fourth-order valence-electron chi connectivity index (χ4n) is 2.04. The number of alkyl halides is 1. The lowest BCUT2D eigenvalue weighted by Crippen LogP contribution is -2.40. The number of fused-ring (bicyclic) bond motifs is 1. The number of hydrogen-bond donors (Lipinski definition) is 0. The highest BCUT2D eigenvalue weighted by molar-refractivity contribution is 5.78. The second-order valence-electron chi connectivity index (χ2n) is 3.40. The van der Waals surface area contributed by atoms with Gasteiger partial charge in [-0.2, -0.15) is 0 Å². The van der Waals surface area contributed by atoms with E-state index in [1.54, 1.807) is 0 Å². The number of piperidine rings is 1. The van der Waals surface area contributed by atoms with E-state index in [1.165, 1.54) is 0 Å². The predicted molar refractivity (Wildman–Crippen MR) is 38.9 cm³/mol. The maximum absolute atomic E-state index is 12.8. The van der Waals surface area contributed by atoms with Gasteiger partial charge in [-0.15, -0.1) is 0 Å². The normalized spacial score (nSPS) is 37.5. The summed E-state index contributed by atoms with van der Waals surface area (Å²) >= 11 is 0. The molecule has 0 aliphatic carbocycles. The average Bonchev–Trinajstić information content (AvgIpc) is 2.32. The highest BCUT2D eigenvalue weighted by Crippen LogP contribution is 2.28. The molecule has 0 N–H and O–H groups in total. The van der Waals surface area contributed by atoms with Gasteiger partial charge in [-0.25, -0.2) is 4.39 Å². The zero-order valence-corrected chi connectivity index (χ0v) is 6.42. The van der Waals surface area contributed by atoms with Crippen LogP contribution in [0.2, 0.25) is 0 Å². The molecule has 0 unspecified atom stereocenters. The molecule has 2 aliphatic heterocycles. The number of hydrogen-bond acceptors (Lipinski definition) is 1. The van der Waals surface area contributed by atoms with Crippen molar-refractivity contribution in [2.24, 2.45) is 0 Å². The first kappa shape index (κ1) is 7.07. The monoisotopic (exact) mass is 157 g/mol. The van der Waals surface area contributed by atoms with Gasteiger partial charge < -0.3 is 4.90 Å². The molecule has 0 radical (unpaired) electrons. The van der Waals surface area contributed by atoms with Gasteiger partial charge in [0.05, 0.1) is 0 Å². The van der Waals surface area contributed by atoms with Crippen LogP contribution in [0.4, 0.5) is 4.39 Å². The lowest BCUT2D eigenvalue weighted by molar-refractivity contribution is -0.130. The minimum absolute atomic E-state index is 0.224. The molecule has 1 amide bonds. The van der Waals surface area contributed by atoms with Crippen LogP contribution in [0.3, 0.4) is 0 Å². The van der Waals surface area contributed by atoms with Crippen molar-refractivity contribution in [1.29, 1.82) is 0 Å². The zero-order valence-electron chi connectivity index (χ0n) is 6.42. The lowest BCUT2D eigenvalue weighted by atomic mass is 10.0. The molecule has 2 saturated heterocycles. The summed E-state index contributed by atoms with van der Waals surface area (Å²) in [6.07, 6.45) is 1.96. The number of halogens is 1. The van der Waals surface area contributed by atoms with Crippen molar-refractivity contribution in [3.63, 3.8) is 0 Å². The van der Waals surface area contributed by atoms with Crippen LogP contribution >= 0.6 is 0 Å². The minimum atomic E-state index is -0.665. The van der Waals surface area contributed by atoms with E-state index in [-0.39, 0.29) is 11.9 Å². The largest absolute Gasteiger partial charge is 0.339 e. The topological polar surface area (TPSA) is 20.3 Å². The van der Waals surface area contributed by atoms with Crippen molar-refractivity contribution in [3.8, 4) is 0 Å². The van der Waals surface area contributed by atoms with Gasteiger partial charge in [0.15, 0.2) is 0 Å². The Morgan fingerprint density at radius 3 is 3.09 bits per heavy atom. The van der Waals surface area contributed by atoms with E-state index in [1.807, 2.05) is 4.90 Å². The molecule has 0 bridgehead atoms. The summed E-state index contributed by atoms with van der Waals surface area (Å²) < 4.78 is 12.8. The van der Waals surface area contributed by atoms with Crippen molar-refractivity contribution in [1.82, 2.24) is 4.90 Å². The molecule has 0 aromatic carbocycles. The third-order valence-corrected chi connectivity index (χ3v) is 2.66. The Hall–Kier alpha value is -0.600. The van der Waals surface area contributed by atoms with Gasteiger partial charge in [0.1, 0.15) is 6.17 Å². The Labute approximate surface area is 65.4 Å². The Kier molecular flexibility index (Phi) is 1.59. The first-order valence-corrected chi connectivity index (χ1v) is 4.21. The first-order valence-electron chi connectivity index (χ1n) is 4.21. The quantitative estimate of drug-likeness (QED) is 0.515. The summed E-state index contributed by atoms with van der Waals surface area (Å²) in [5.41, 5.74) is 0. The van der Waals surface area contributed by atoms with Crippen LogP contribution in [-0.2, 0) is 4.79 Å². The molecular weight excluding hydrogens is 145 g/mol. The summed E-state index contributed by atoms with van der Waals surface area (Å²) in [6, 6.07) is 0.228. The number of rotatable bonds is 0. The molecule has 11 heavy (non-hydrogen) atoms. The van der Waals surface area contributed by atoms with Crippen molar-refractivity contribution in [2.45, 2.75) is 37.9 Å². The van der Waals surface area contributed by atoms with E-state index in [9.17, 15) is 9.18 Å². The van der Waals surface area contributed by atoms with Crippen LogP contribution in [-0.4, -0.2) is 29.6 Å². The van der Waals surface area contributed by atoms with Crippen LogP contribution in [0.1, 0.15) is 25.7 Å². The van der Waals surface area contributed by atoms with Gasteiger partial charge >= 0.3 is 0 Å². The SMILES string of the molecule is O=C1CC[C@H]2C[C@H](F)CCN12. The molecule has 2 fully saturated rings. The van der Waals surface area contributed by atoms with Gasteiger partial charge in [-0.05, 0) is 19.3 Å². The summed E-state index contributed by atoms with van der Waals surface area (Å²) in [5, 5.41) is 0. The predicted octanol–water partition coefficient (Wildman–Crippen LogP) is 1.11. The summed E-state index contributed by atoms with van der Waals surface area (Å²) in [7, 11) is 0. The standard InChI is InChI=1S/C8H12FNO/c9-6-3-4-10-7(5-6)1-2-8(10)11/h6-7H,1-5H2/t6-,7+/m1/s1. The highest BCUT2D eigenvalue weighted by atomic mass is 19.1. The molecule has 0 saturated carbocycles. The summed E-state index contributed by atoms with van der Waals surface area (Å²) in [5.74, 6) is 0.224. The summed E-state index contributed by atoms with van der Waals surface area (Å²) in [6.45, 7) is 0.644. The smallest absolute Gasteiger partial charge is 0.222 e. The molecule has 3 heteroatoms. The van der Waals surface area contributed by atoms with E-state index in [2.05, 4.69) is 0 Å². The van der Waals surface area contributed by atoms with Crippen LogP contribution in [0.25, 0.3) is 0 Å². The number of carbonyl (C=O) groups is 1. The molecule has 2 aliphatic rings.